The van der Waals surface area contributed by atoms with Gasteiger partial charge in [-0.05, 0) is 93.1 Å². The highest BCUT2D eigenvalue weighted by Gasteiger charge is 2.67. The monoisotopic (exact) mass is 692 g/mol. The molecule has 13 nitrogen and oxygen atoms in total. The van der Waals surface area contributed by atoms with Crippen LogP contribution in [0, 0.1) is 22.7 Å². The summed E-state index contributed by atoms with van der Waals surface area (Å²) in [7, 11) is 0. The topological polar surface area (TPSA) is 209 Å². The Morgan fingerprint density at radius 1 is 0.837 bits per heavy atom. The molecule has 1 aromatic rings. The molecule has 2 saturated heterocycles. The van der Waals surface area contributed by atoms with Gasteiger partial charge in [-0.3, -0.25) is 0 Å². The van der Waals surface area contributed by atoms with Gasteiger partial charge in [-0.25, -0.2) is 4.79 Å². The van der Waals surface area contributed by atoms with E-state index < -0.39 is 79.7 Å². The molecule has 17 atom stereocenters. The number of allylic oxidation sites excluding steroid dienone is 1. The smallest absolute Gasteiger partial charge is 0.335 e. The first kappa shape index (κ1) is 35.6. The summed E-state index contributed by atoms with van der Waals surface area (Å²) in [6, 6.07) is 3.31. The van der Waals surface area contributed by atoms with E-state index in [0.29, 0.717) is 12.8 Å². The van der Waals surface area contributed by atoms with Crippen molar-refractivity contribution in [3.63, 3.8) is 0 Å². The van der Waals surface area contributed by atoms with Gasteiger partial charge in [0.15, 0.2) is 12.6 Å². The quantitative estimate of drug-likeness (QED) is 0.207. The van der Waals surface area contributed by atoms with Crippen molar-refractivity contribution in [3.8, 4) is 0 Å². The number of hydrogen-bond acceptors (Lipinski definition) is 13. The van der Waals surface area contributed by atoms with Crippen LogP contribution in [-0.4, -0.2) is 115 Å². The van der Waals surface area contributed by atoms with Gasteiger partial charge in [-0.2, -0.15) is 0 Å². The predicted molar refractivity (Wildman–Crippen MR) is 171 cm³/mol. The highest BCUT2D eigenvalue weighted by molar-refractivity contribution is 5.31. The molecule has 1 aromatic heterocycles. The minimum Gasteiger partial charge on any atom is -0.431 e. The Morgan fingerprint density at radius 3 is 2.29 bits per heavy atom. The SMILES string of the molecule is C[C@@H]1O[C@@H](O[C@H]2[C@H](O)[C@@H](O)[C@@H](OC3C=C4CC[C@@H]5[C@H](CC[C@]6(C)[C@@H](c7ccc(=O)oc7)CC[C@]56O)[C@@]4(C)CC3)O[C@@H]2CO)[C@H](O)[C@H](O)[C@H]1O. The summed E-state index contributed by atoms with van der Waals surface area (Å²) < 4.78 is 28.6. The van der Waals surface area contributed by atoms with Crippen LogP contribution in [0.15, 0.2) is 39.3 Å². The van der Waals surface area contributed by atoms with E-state index in [4.69, 9.17) is 23.4 Å². The van der Waals surface area contributed by atoms with Gasteiger partial charge in [-0.1, -0.05) is 25.5 Å². The number of aliphatic hydroxyl groups excluding tert-OH is 6. The molecule has 7 N–H and O–H groups in total. The fourth-order valence-electron chi connectivity index (χ4n) is 10.7. The van der Waals surface area contributed by atoms with Crippen molar-refractivity contribution < 1.29 is 59.1 Å². The van der Waals surface area contributed by atoms with E-state index in [1.165, 1.54) is 18.6 Å². The lowest BCUT2D eigenvalue weighted by Crippen LogP contribution is -2.64. The standard InChI is InChI=1S/C36H52O13/c1-17-26(39)27(40)29(42)32(46-17)49-31-24(15-37)48-33(30(43)28(31)41)47-20-8-11-34(2)19(14-20)5-6-23-22(34)9-12-35(3)21(10-13-36(23,35)44)18-4-7-25(38)45-16-18/h4,7,14,16-17,20-24,26-33,37,39-44H,5-6,8-13,15H2,1-3H3/t17-,20?,21+,22-,23+,24+,26-,27+,28+,29+,30+,31+,32-,33-,34-,35+,36-/m0/s1. The van der Waals surface area contributed by atoms with Crippen LogP contribution in [0.4, 0.5) is 0 Å². The molecule has 0 aromatic carbocycles. The molecule has 49 heavy (non-hydrogen) atoms. The number of fused-ring (bicyclic) bond motifs is 5. The molecule has 274 valence electrons. The molecule has 2 aliphatic heterocycles. The molecule has 6 aliphatic rings. The Labute approximate surface area is 285 Å². The largest absolute Gasteiger partial charge is 0.431 e. The zero-order chi connectivity index (χ0) is 35.0. The summed E-state index contributed by atoms with van der Waals surface area (Å²) in [6.45, 7) is 5.41. The number of hydrogen-bond donors (Lipinski definition) is 7. The van der Waals surface area contributed by atoms with E-state index >= 15 is 0 Å². The maximum Gasteiger partial charge on any atom is 0.335 e. The van der Waals surface area contributed by atoms with E-state index in [0.717, 1.165) is 44.1 Å². The molecule has 1 unspecified atom stereocenters. The van der Waals surface area contributed by atoms with Crippen molar-refractivity contribution in [2.75, 3.05) is 6.61 Å². The van der Waals surface area contributed by atoms with Gasteiger partial charge < -0.3 is 59.1 Å². The second kappa shape index (κ2) is 13.0. The van der Waals surface area contributed by atoms with E-state index in [2.05, 4.69) is 19.9 Å². The van der Waals surface area contributed by atoms with Crippen LogP contribution in [-0.2, 0) is 18.9 Å². The molecule has 4 aliphatic carbocycles. The van der Waals surface area contributed by atoms with Crippen LogP contribution in [0.5, 0.6) is 0 Å². The Balaban J connectivity index is 1.03. The summed E-state index contributed by atoms with van der Waals surface area (Å²) in [5.41, 5.74) is 0.574. The van der Waals surface area contributed by atoms with Crippen LogP contribution < -0.4 is 5.63 Å². The third-order valence-electron chi connectivity index (χ3n) is 13.6. The Bertz CT molecular complexity index is 1430. The van der Waals surface area contributed by atoms with Crippen LogP contribution >= 0.6 is 0 Å². The second-order valence-corrected chi connectivity index (χ2v) is 15.9. The highest BCUT2D eigenvalue weighted by Crippen LogP contribution is 2.70. The lowest BCUT2D eigenvalue weighted by Gasteiger charge is -2.62. The van der Waals surface area contributed by atoms with Gasteiger partial charge >= 0.3 is 5.63 Å². The Morgan fingerprint density at radius 2 is 1.57 bits per heavy atom. The van der Waals surface area contributed by atoms with E-state index in [-0.39, 0.29) is 34.2 Å². The summed E-state index contributed by atoms with van der Waals surface area (Å²) in [6.07, 6.45) is -3.99. The second-order valence-electron chi connectivity index (χ2n) is 15.9. The van der Waals surface area contributed by atoms with Crippen LogP contribution in [0.25, 0.3) is 0 Å². The van der Waals surface area contributed by atoms with Crippen molar-refractivity contribution in [1.29, 1.82) is 0 Å². The van der Waals surface area contributed by atoms with Crippen LogP contribution in [0.3, 0.4) is 0 Å². The van der Waals surface area contributed by atoms with Crippen LogP contribution in [0.1, 0.15) is 83.6 Å². The summed E-state index contributed by atoms with van der Waals surface area (Å²) in [4.78, 5) is 11.6. The van der Waals surface area contributed by atoms with Gasteiger partial charge in [0.1, 0.15) is 42.7 Å². The third-order valence-corrected chi connectivity index (χ3v) is 13.6. The lowest BCUT2D eigenvalue weighted by molar-refractivity contribution is -0.359. The molecule has 5 fully saturated rings. The fraction of sp³-hybridized carbons (Fsp3) is 0.806. The minimum atomic E-state index is -1.64. The van der Waals surface area contributed by atoms with Gasteiger partial charge in [-0.15, -0.1) is 0 Å². The summed E-state index contributed by atoms with van der Waals surface area (Å²) in [5.74, 6) is 0.533. The van der Waals surface area contributed by atoms with Crippen molar-refractivity contribution in [2.45, 2.75) is 151 Å². The first-order valence-electron chi connectivity index (χ1n) is 17.9. The number of rotatable bonds is 6. The highest BCUT2D eigenvalue weighted by atomic mass is 16.7. The first-order chi connectivity index (χ1) is 23.2. The maximum absolute atomic E-state index is 12.5. The van der Waals surface area contributed by atoms with E-state index in [1.807, 2.05) is 6.07 Å². The molecule has 7 rings (SSSR count). The normalized spacial score (nSPS) is 51.3. The molecule has 0 radical (unpaired) electrons. The minimum absolute atomic E-state index is 0.116. The summed E-state index contributed by atoms with van der Waals surface area (Å²) in [5, 5.41) is 75.3. The Hall–Kier alpha value is -1.75. The zero-order valence-corrected chi connectivity index (χ0v) is 28.3. The molecule has 3 heterocycles. The van der Waals surface area contributed by atoms with Crippen molar-refractivity contribution in [3.05, 3.63) is 46.0 Å². The number of ether oxygens (including phenoxy) is 4. The van der Waals surface area contributed by atoms with Crippen LogP contribution in [0.2, 0.25) is 0 Å². The molecular weight excluding hydrogens is 640 g/mol. The van der Waals surface area contributed by atoms with E-state index in [1.54, 1.807) is 6.26 Å². The molecule has 0 spiro atoms. The third kappa shape index (κ3) is 5.68. The van der Waals surface area contributed by atoms with Crippen molar-refractivity contribution in [1.82, 2.24) is 0 Å². The van der Waals surface area contributed by atoms with Crippen molar-refractivity contribution in [2.24, 2.45) is 22.7 Å². The maximum atomic E-state index is 12.5. The average molecular weight is 693 g/mol. The van der Waals surface area contributed by atoms with Gasteiger partial charge in [0.2, 0.25) is 0 Å². The summed E-state index contributed by atoms with van der Waals surface area (Å²) >= 11 is 0. The molecule has 3 saturated carbocycles. The van der Waals surface area contributed by atoms with Gasteiger partial charge in [0, 0.05) is 11.5 Å². The van der Waals surface area contributed by atoms with E-state index in [9.17, 15) is 40.5 Å². The first-order valence-corrected chi connectivity index (χ1v) is 17.9. The number of aliphatic hydroxyl groups is 7. The zero-order valence-electron chi connectivity index (χ0n) is 28.3. The molecular formula is C36H52O13. The molecule has 0 bridgehead atoms. The molecule has 13 heteroatoms. The molecule has 0 amide bonds. The fourth-order valence-corrected chi connectivity index (χ4v) is 10.7. The van der Waals surface area contributed by atoms with Gasteiger partial charge in [0.25, 0.3) is 0 Å². The Kier molecular flexibility index (Phi) is 9.48. The average Bonchev–Trinajstić information content (AvgIpc) is 3.37. The lowest BCUT2D eigenvalue weighted by atomic mass is 9.45. The van der Waals surface area contributed by atoms with Crippen molar-refractivity contribution >= 4 is 0 Å². The van der Waals surface area contributed by atoms with Gasteiger partial charge in [0.05, 0.1) is 30.7 Å². The predicted octanol–water partition coefficient (Wildman–Crippen LogP) is 0.838.